The van der Waals surface area contributed by atoms with Crippen molar-refractivity contribution in [2.24, 2.45) is 0 Å². The number of aromatic nitrogens is 2. The molecule has 5 nitrogen and oxygen atoms in total. The van der Waals surface area contributed by atoms with Gasteiger partial charge >= 0.3 is 0 Å². The first-order chi connectivity index (χ1) is 69.2. The van der Waals surface area contributed by atoms with Crippen LogP contribution >= 0.6 is 0 Å². The SMILES string of the molecule is CC(C)(C)c1cc(-c2ccccc2)c(N2c3cc(-n4c5ccc(C(C)(C)C)cc5c5cc(C(C)(C)C)ccc54)ccc3B3c4ccc(-n5c6ccc(C(C)(C)C)cc6c6cc(C(C)(C)C)ccc65)cc4N(c4c(-c5ccccc5)cc(C(C)(C)C)cc4-c4cccc(-c5cccc(-c6ccccc6)c5)c4)c4cc(-c5ccc6oc7ccccc7c6c5)cc2c43)c(-c2cccc(-c3cccc(-c4ccccc4)c3)c2)c1. The van der Waals surface area contributed by atoms with Gasteiger partial charge in [0.05, 0.1) is 33.4 Å². The topological polar surface area (TPSA) is 29.5 Å². The summed E-state index contributed by atoms with van der Waals surface area (Å²) in [6, 6.07) is 157. The molecule has 0 radical (unpaired) electrons. The third-order valence-electron chi connectivity index (χ3n) is 30.8. The van der Waals surface area contributed by atoms with Crippen molar-refractivity contribution in [2.45, 2.75) is 157 Å². The Bertz CT molecular complexity index is 8330. The van der Waals surface area contributed by atoms with Crippen LogP contribution in [0.15, 0.2) is 411 Å². The van der Waals surface area contributed by atoms with Crippen LogP contribution < -0.4 is 26.2 Å². The van der Waals surface area contributed by atoms with Gasteiger partial charge in [0.1, 0.15) is 11.2 Å². The first kappa shape index (κ1) is 90.8. The van der Waals surface area contributed by atoms with E-state index in [0.29, 0.717) is 0 Å². The molecule has 0 bridgehead atoms. The molecule has 2 aliphatic rings. The van der Waals surface area contributed by atoms with E-state index in [0.717, 1.165) is 167 Å². The molecule has 0 unspecified atom stereocenters. The van der Waals surface area contributed by atoms with Crippen LogP contribution in [-0.2, 0) is 32.5 Å². The van der Waals surface area contributed by atoms with Gasteiger partial charge in [0.25, 0.3) is 6.71 Å². The van der Waals surface area contributed by atoms with Crippen LogP contribution in [0.4, 0.5) is 34.1 Å². The molecule has 24 rings (SSSR count). The molecule has 0 N–H and O–H groups in total. The fraction of sp³-hybridized carbons (Fsp3) is 0.174. The van der Waals surface area contributed by atoms with E-state index in [9.17, 15) is 0 Å². The maximum absolute atomic E-state index is 6.90. The van der Waals surface area contributed by atoms with Crippen LogP contribution in [-0.4, -0.2) is 15.8 Å². The molecule has 5 heterocycles. The molecule has 144 heavy (non-hydrogen) atoms. The van der Waals surface area contributed by atoms with Crippen LogP contribution in [0.5, 0.6) is 0 Å². The average Bonchev–Trinajstić information content (AvgIpc) is 1.00. The minimum atomic E-state index is -0.399. The summed E-state index contributed by atoms with van der Waals surface area (Å²) in [5.41, 5.74) is 45.1. The molecular formula is C138H121BN4O. The summed E-state index contributed by atoms with van der Waals surface area (Å²) >= 11 is 0. The van der Waals surface area contributed by atoms with Crippen molar-refractivity contribution in [3.8, 4) is 112 Å². The minimum Gasteiger partial charge on any atom is -0.456 e. The lowest BCUT2D eigenvalue weighted by Crippen LogP contribution is -2.61. The Hall–Kier alpha value is -15.8. The fourth-order valence-electron chi connectivity index (χ4n) is 22.8. The van der Waals surface area contributed by atoms with Crippen LogP contribution in [0.25, 0.3) is 177 Å². The molecule has 0 spiro atoms. The summed E-state index contributed by atoms with van der Waals surface area (Å²) in [6.07, 6.45) is 0. The fourth-order valence-corrected chi connectivity index (χ4v) is 22.8. The normalized spacial score (nSPS) is 13.0. The summed E-state index contributed by atoms with van der Waals surface area (Å²) in [7, 11) is 0. The smallest absolute Gasteiger partial charge is 0.252 e. The zero-order valence-corrected chi connectivity index (χ0v) is 86.0. The predicted molar refractivity (Wildman–Crippen MR) is 618 cm³/mol. The van der Waals surface area contributed by atoms with Crippen molar-refractivity contribution >= 4 is 123 Å². The van der Waals surface area contributed by atoms with E-state index < -0.39 is 6.71 Å². The van der Waals surface area contributed by atoms with Gasteiger partial charge in [0.2, 0.25) is 0 Å². The van der Waals surface area contributed by atoms with Crippen molar-refractivity contribution in [1.29, 1.82) is 0 Å². The Morgan fingerprint density at radius 3 is 0.833 bits per heavy atom. The second-order valence-electron chi connectivity index (χ2n) is 46.6. The highest BCUT2D eigenvalue weighted by Gasteiger charge is 2.47. The molecule has 19 aromatic carbocycles. The van der Waals surface area contributed by atoms with Crippen molar-refractivity contribution in [2.75, 3.05) is 9.80 Å². The summed E-state index contributed by atoms with van der Waals surface area (Å²) in [5.74, 6) is 0. The van der Waals surface area contributed by atoms with E-state index >= 15 is 0 Å². The highest BCUT2D eigenvalue weighted by molar-refractivity contribution is 7.00. The molecular weight excluding hydrogens is 1740 g/mol. The Balaban J connectivity index is 0.885. The minimum absolute atomic E-state index is 0.119. The molecule has 0 saturated heterocycles. The van der Waals surface area contributed by atoms with Crippen LogP contribution in [0.1, 0.15) is 158 Å². The number of benzene rings is 19. The monoisotopic (exact) mass is 1860 g/mol. The lowest BCUT2D eigenvalue weighted by atomic mass is 9.33. The maximum Gasteiger partial charge on any atom is 0.252 e. The Labute approximate surface area is 848 Å². The van der Waals surface area contributed by atoms with E-state index in [-0.39, 0.29) is 32.5 Å². The zero-order valence-electron chi connectivity index (χ0n) is 86.0. The molecule has 2 aliphatic heterocycles. The van der Waals surface area contributed by atoms with Gasteiger partial charge in [0.15, 0.2) is 0 Å². The van der Waals surface area contributed by atoms with Crippen molar-refractivity contribution in [1.82, 2.24) is 9.13 Å². The Morgan fingerprint density at radius 1 is 0.188 bits per heavy atom. The molecule has 0 atom stereocenters. The highest BCUT2D eigenvalue weighted by atomic mass is 16.3. The van der Waals surface area contributed by atoms with E-state index in [1.165, 1.54) is 93.6 Å². The zero-order chi connectivity index (χ0) is 99.1. The van der Waals surface area contributed by atoms with Gasteiger partial charge in [-0.15, -0.1) is 0 Å². The summed E-state index contributed by atoms with van der Waals surface area (Å²) in [5, 5.41) is 7.06. The van der Waals surface area contributed by atoms with Crippen LogP contribution in [0.3, 0.4) is 0 Å². The van der Waals surface area contributed by atoms with E-state index in [2.05, 4.69) is 550 Å². The van der Waals surface area contributed by atoms with Crippen LogP contribution in [0.2, 0.25) is 0 Å². The van der Waals surface area contributed by atoms with Gasteiger partial charge in [-0.25, -0.2) is 0 Å². The molecule has 0 aliphatic carbocycles. The van der Waals surface area contributed by atoms with Gasteiger partial charge in [-0.05, 0) is 312 Å². The summed E-state index contributed by atoms with van der Waals surface area (Å²) in [6.45, 7) is 42.1. The third kappa shape index (κ3) is 15.8. The van der Waals surface area contributed by atoms with E-state index in [1.54, 1.807) is 0 Å². The van der Waals surface area contributed by atoms with Gasteiger partial charge in [-0.1, -0.05) is 379 Å². The summed E-state index contributed by atoms with van der Waals surface area (Å²) in [4.78, 5) is 5.56. The highest BCUT2D eigenvalue weighted by Crippen LogP contribution is 2.58. The first-order valence-electron chi connectivity index (χ1n) is 51.3. The molecule has 0 amide bonds. The number of nitrogens with zero attached hydrogens (tertiary/aromatic N) is 4. The molecule has 702 valence electrons. The Morgan fingerprint density at radius 2 is 0.479 bits per heavy atom. The standard InChI is InChI=1S/C138H121BN4O/c1-133(2,3)100-56-64-120-113(76-100)114-77-101(134(4,5)6)57-65-121(114)140(120)106-60-62-118-124(84-106)142(131-109(88-41-27-21-28-42-88)80-104(137(13,14)15)82-111(131)97-51-35-49-94(71-97)92-47-33-45-90(69-92)86-37-23-19-24-38-86)126-74-99(96-55-68-129-117(73-96)108-53-31-32-54-128(108)144-129)75-127-130(126)139(118)119-63-61-107(141-122-66-58-102(135(7,8)9)78-115(122)116-79-103(136(10,11)12)59-67-123(116)141)85-125(119)143(127)132-110(89-43-29-22-30-44-89)81-105(138(16,17)18)83-112(132)98-52-36-50-95(72-98)93-48-34-46-91(70-93)87-39-25-20-26-40-87/h19-85H,1-18H3. The van der Waals surface area contributed by atoms with Gasteiger partial charge in [-0.2, -0.15) is 0 Å². The van der Waals surface area contributed by atoms with Gasteiger partial charge in [0, 0.05) is 88.7 Å². The number of hydrogen-bond acceptors (Lipinski definition) is 3. The van der Waals surface area contributed by atoms with Crippen molar-refractivity contribution in [3.63, 3.8) is 0 Å². The lowest BCUT2D eigenvalue weighted by Gasteiger charge is -2.46. The second kappa shape index (κ2) is 34.0. The maximum atomic E-state index is 6.90. The first-order valence-corrected chi connectivity index (χ1v) is 51.3. The number of hydrogen-bond donors (Lipinski definition) is 0. The largest absolute Gasteiger partial charge is 0.456 e. The number of anilines is 6. The molecule has 0 fully saturated rings. The predicted octanol–water partition coefficient (Wildman–Crippen LogP) is 36.7. The molecule has 22 aromatic rings. The van der Waals surface area contributed by atoms with Gasteiger partial charge < -0.3 is 23.4 Å². The third-order valence-corrected chi connectivity index (χ3v) is 30.8. The van der Waals surface area contributed by atoms with E-state index in [4.69, 9.17) is 4.42 Å². The number of fused-ring (bicyclic) bond motifs is 13. The van der Waals surface area contributed by atoms with E-state index in [1.807, 2.05) is 0 Å². The van der Waals surface area contributed by atoms with Crippen molar-refractivity contribution in [3.05, 3.63) is 440 Å². The van der Waals surface area contributed by atoms with Crippen LogP contribution in [0, 0.1) is 0 Å². The summed E-state index contributed by atoms with van der Waals surface area (Å²) < 4.78 is 12.1. The number of furan rings is 1. The molecule has 6 heteroatoms. The van der Waals surface area contributed by atoms with Crippen molar-refractivity contribution < 1.29 is 4.42 Å². The Kier molecular flexibility index (Phi) is 21.4. The molecule has 3 aromatic heterocycles. The average molecular weight is 1860 g/mol. The molecule has 0 saturated carbocycles. The van der Waals surface area contributed by atoms with Gasteiger partial charge in [-0.3, -0.25) is 0 Å². The number of rotatable bonds is 13. The number of para-hydroxylation sites is 1. The second-order valence-corrected chi connectivity index (χ2v) is 46.6. The quantitative estimate of drug-likeness (QED) is 0.108. The lowest BCUT2D eigenvalue weighted by molar-refractivity contribution is 0.590.